The first-order chi connectivity index (χ1) is 6.27. The van der Waals surface area contributed by atoms with Crippen LogP contribution in [0.4, 0.5) is 0 Å². The largest absolute Gasteiger partial charge is 0.495 e. The molecule has 0 amide bonds. The summed E-state index contributed by atoms with van der Waals surface area (Å²) in [6.45, 7) is 5.90. The molecule has 0 radical (unpaired) electrons. The minimum atomic E-state index is 0.476. The molecule has 0 aliphatic rings. The molecule has 3 heteroatoms. The zero-order valence-corrected chi connectivity index (χ0v) is 9.35. The lowest BCUT2D eigenvalue weighted by Gasteiger charge is -2.03. The molecular formula is C10H16ClNO. The Morgan fingerprint density at radius 1 is 1.46 bits per heavy atom. The topological polar surface area (TPSA) is 22.1 Å². The molecule has 0 aromatic carbocycles. The summed E-state index contributed by atoms with van der Waals surface area (Å²) in [5, 5.41) is 0. The maximum Gasteiger partial charge on any atom is 0.140 e. The van der Waals surface area contributed by atoms with Gasteiger partial charge in [-0.3, -0.25) is 4.98 Å². The summed E-state index contributed by atoms with van der Waals surface area (Å²) in [5.74, 6) is 1.27. The van der Waals surface area contributed by atoms with Gasteiger partial charge in [-0.15, -0.1) is 11.6 Å². The van der Waals surface area contributed by atoms with Gasteiger partial charge in [0.25, 0.3) is 0 Å². The Hall–Kier alpha value is -0.760. The smallest absolute Gasteiger partial charge is 0.140 e. The Bertz CT molecular complexity index is 251. The van der Waals surface area contributed by atoms with Crippen molar-refractivity contribution in [2.75, 3.05) is 7.11 Å². The normalized spacial score (nSPS) is 8.69. The van der Waals surface area contributed by atoms with Gasteiger partial charge in [0, 0.05) is 12.1 Å². The Morgan fingerprint density at radius 2 is 2.08 bits per heavy atom. The van der Waals surface area contributed by atoms with Crippen LogP contribution in [0, 0.1) is 6.92 Å². The molecule has 0 aliphatic carbocycles. The molecule has 0 fully saturated rings. The van der Waals surface area contributed by atoms with Gasteiger partial charge in [0.05, 0.1) is 12.8 Å². The second kappa shape index (κ2) is 6.72. The maximum absolute atomic E-state index is 5.61. The van der Waals surface area contributed by atoms with Crippen molar-refractivity contribution in [2.24, 2.45) is 0 Å². The Kier molecular flexibility index (Phi) is 6.33. The van der Waals surface area contributed by atoms with Gasteiger partial charge in [-0.1, -0.05) is 13.8 Å². The summed E-state index contributed by atoms with van der Waals surface area (Å²) in [6.07, 6.45) is 1.75. The number of ether oxygens (including phenoxy) is 1. The molecule has 0 spiro atoms. The summed E-state index contributed by atoms with van der Waals surface area (Å²) in [7, 11) is 1.63. The van der Waals surface area contributed by atoms with Crippen molar-refractivity contribution in [3.05, 3.63) is 23.5 Å². The second-order valence-electron chi connectivity index (χ2n) is 2.26. The molecule has 2 nitrogen and oxygen atoms in total. The van der Waals surface area contributed by atoms with Crippen molar-refractivity contribution < 1.29 is 4.74 Å². The number of nitrogens with zero attached hydrogens (tertiary/aromatic N) is 1. The van der Waals surface area contributed by atoms with E-state index >= 15 is 0 Å². The Labute approximate surface area is 84.9 Å². The lowest BCUT2D eigenvalue weighted by atomic mass is 10.2. The predicted molar refractivity (Wildman–Crippen MR) is 56.4 cm³/mol. The second-order valence-corrected chi connectivity index (χ2v) is 2.53. The summed E-state index contributed by atoms with van der Waals surface area (Å²) in [6, 6.07) is 1.90. The SMILES string of the molecule is CC.COc1cc(CCl)cnc1C. The molecule has 1 aromatic heterocycles. The van der Waals surface area contributed by atoms with Crippen LogP contribution in [0.5, 0.6) is 5.75 Å². The Morgan fingerprint density at radius 3 is 2.54 bits per heavy atom. The highest BCUT2D eigenvalue weighted by atomic mass is 35.5. The van der Waals surface area contributed by atoms with E-state index < -0.39 is 0 Å². The molecule has 0 bridgehead atoms. The van der Waals surface area contributed by atoms with Crippen molar-refractivity contribution in [3.8, 4) is 5.75 Å². The molecule has 0 saturated carbocycles. The fourth-order valence-corrected chi connectivity index (χ4v) is 0.979. The molecule has 0 saturated heterocycles. The number of alkyl halides is 1. The highest BCUT2D eigenvalue weighted by molar-refractivity contribution is 6.17. The van der Waals surface area contributed by atoms with Gasteiger partial charge < -0.3 is 4.74 Å². The van der Waals surface area contributed by atoms with Crippen LogP contribution < -0.4 is 4.74 Å². The summed E-state index contributed by atoms with van der Waals surface area (Å²) in [5.41, 5.74) is 1.87. The minimum absolute atomic E-state index is 0.476. The van der Waals surface area contributed by atoms with Crippen molar-refractivity contribution in [1.29, 1.82) is 0 Å². The van der Waals surface area contributed by atoms with Crippen molar-refractivity contribution >= 4 is 11.6 Å². The Balaban J connectivity index is 0.000000671. The van der Waals surface area contributed by atoms with Crippen LogP contribution in [0.25, 0.3) is 0 Å². The number of methoxy groups -OCH3 is 1. The number of rotatable bonds is 2. The van der Waals surface area contributed by atoms with Gasteiger partial charge in [-0.2, -0.15) is 0 Å². The van der Waals surface area contributed by atoms with E-state index in [9.17, 15) is 0 Å². The van der Waals surface area contributed by atoms with E-state index in [0.29, 0.717) is 5.88 Å². The third-order valence-electron chi connectivity index (χ3n) is 1.47. The summed E-state index contributed by atoms with van der Waals surface area (Å²) < 4.78 is 5.07. The number of aryl methyl sites for hydroxylation is 1. The highest BCUT2D eigenvalue weighted by Crippen LogP contribution is 2.16. The van der Waals surface area contributed by atoms with Crippen LogP contribution in [0.3, 0.4) is 0 Å². The predicted octanol–water partition coefficient (Wildman–Crippen LogP) is 3.16. The minimum Gasteiger partial charge on any atom is -0.495 e. The van der Waals surface area contributed by atoms with Crippen LogP contribution in [-0.2, 0) is 5.88 Å². The van der Waals surface area contributed by atoms with Gasteiger partial charge in [-0.25, -0.2) is 0 Å². The van der Waals surface area contributed by atoms with Crippen LogP contribution in [0.2, 0.25) is 0 Å². The highest BCUT2D eigenvalue weighted by Gasteiger charge is 1.99. The van der Waals surface area contributed by atoms with E-state index in [0.717, 1.165) is 17.0 Å². The van der Waals surface area contributed by atoms with Crippen molar-refractivity contribution in [2.45, 2.75) is 26.7 Å². The van der Waals surface area contributed by atoms with E-state index in [-0.39, 0.29) is 0 Å². The lowest BCUT2D eigenvalue weighted by molar-refractivity contribution is 0.409. The zero-order valence-electron chi connectivity index (χ0n) is 8.60. The number of hydrogen-bond donors (Lipinski definition) is 0. The zero-order chi connectivity index (χ0) is 10.3. The molecule has 13 heavy (non-hydrogen) atoms. The van der Waals surface area contributed by atoms with Gasteiger partial charge >= 0.3 is 0 Å². The molecule has 0 aliphatic heterocycles. The van der Waals surface area contributed by atoms with E-state index in [1.165, 1.54) is 0 Å². The molecule has 74 valence electrons. The number of pyridine rings is 1. The van der Waals surface area contributed by atoms with Crippen LogP contribution in [-0.4, -0.2) is 12.1 Å². The lowest BCUT2D eigenvalue weighted by Crippen LogP contribution is -1.91. The van der Waals surface area contributed by atoms with Crippen LogP contribution >= 0.6 is 11.6 Å². The third-order valence-corrected chi connectivity index (χ3v) is 1.78. The maximum atomic E-state index is 5.61. The summed E-state index contributed by atoms with van der Waals surface area (Å²) >= 11 is 5.61. The first-order valence-electron chi connectivity index (χ1n) is 4.33. The average molecular weight is 202 g/mol. The van der Waals surface area contributed by atoms with E-state index in [4.69, 9.17) is 16.3 Å². The van der Waals surface area contributed by atoms with E-state index in [1.54, 1.807) is 13.3 Å². The van der Waals surface area contributed by atoms with Crippen LogP contribution in [0.1, 0.15) is 25.1 Å². The van der Waals surface area contributed by atoms with Crippen molar-refractivity contribution in [3.63, 3.8) is 0 Å². The quantitative estimate of drug-likeness (QED) is 0.686. The number of halogens is 1. The number of hydrogen-bond acceptors (Lipinski definition) is 2. The average Bonchev–Trinajstić information content (AvgIpc) is 2.22. The summed E-state index contributed by atoms with van der Waals surface area (Å²) in [4.78, 5) is 4.11. The van der Waals surface area contributed by atoms with Gasteiger partial charge in [-0.05, 0) is 18.6 Å². The van der Waals surface area contributed by atoms with E-state index in [1.807, 2.05) is 26.8 Å². The molecule has 0 N–H and O–H groups in total. The van der Waals surface area contributed by atoms with E-state index in [2.05, 4.69) is 4.98 Å². The van der Waals surface area contributed by atoms with Gasteiger partial charge in [0.15, 0.2) is 0 Å². The van der Waals surface area contributed by atoms with Gasteiger partial charge in [0.1, 0.15) is 5.75 Å². The first kappa shape index (κ1) is 12.2. The molecule has 1 rings (SSSR count). The monoisotopic (exact) mass is 201 g/mol. The fraction of sp³-hybridized carbons (Fsp3) is 0.500. The molecular weight excluding hydrogens is 186 g/mol. The molecule has 0 unspecified atom stereocenters. The standard InChI is InChI=1S/C8H10ClNO.C2H6/c1-6-8(11-2)3-7(4-9)5-10-6;1-2/h3,5H,4H2,1-2H3;1-2H3. The first-order valence-corrected chi connectivity index (χ1v) is 4.87. The molecule has 1 heterocycles. The van der Waals surface area contributed by atoms with Gasteiger partial charge in [0.2, 0.25) is 0 Å². The number of aromatic nitrogens is 1. The molecule has 0 atom stereocenters. The van der Waals surface area contributed by atoms with Crippen LogP contribution in [0.15, 0.2) is 12.3 Å². The van der Waals surface area contributed by atoms with Crippen molar-refractivity contribution in [1.82, 2.24) is 4.98 Å². The third kappa shape index (κ3) is 3.64. The fourth-order valence-electron chi connectivity index (χ4n) is 0.833. The molecule has 1 aromatic rings.